The van der Waals surface area contributed by atoms with Crippen LogP contribution in [0.2, 0.25) is 5.02 Å². The fourth-order valence-corrected chi connectivity index (χ4v) is 3.37. The predicted molar refractivity (Wildman–Crippen MR) is 103 cm³/mol. The molecule has 0 radical (unpaired) electrons. The highest BCUT2D eigenvalue weighted by molar-refractivity contribution is 6.33. The van der Waals surface area contributed by atoms with Crippen LogP contribution in [0, 0.1) is 13.8 Å². The van der Waals surface area contributed by atoms with Crippen molar-refractivity contribution in [2.45, 2.75) is 13.8 Å². The third kappa shape index (κ3) is 2.46. The molecule has 0 atom stereocenters. The summed E-state index contributed by atoms with van der Waals surface area (Å²) in [6.07, 6.45) is 0. The van der Waals surface area contributed by atoms with Gasteiger partial charge in [0, 0.05) is 16.9 Å². The topological polar surface area (TPSA) is 56.7 Å². The van der Waals surface area contributed by atoms with Gasteiger partial charge in [0.25, 0.3) is 0 Å². The summed E-state index contributed by atoms with van der Waals surface area (Å²) in [5.74, 6) is 1.00. The van der Waals surface area contributed by atoms with E-state index >= 15 is 0 Å². The highest BCUT2D eigenvalue weighted by Gasteiger charge is 2.19. The minimum absolute atomic E-state index is 0.468. The van der Waals surface area contributed by atoms with Gasteiger partial charge in [-0.1, -0.05) is 41.9 Å². The fourth-order valence-electron chi connectivity index (χ4n) is 3.15. The Morgan fingerprint density at radius 2 is 1.60 bits per heavy atom. The molecular formula is C20H17ClN4. The summed E-state index contributed by atoms with van der Waals surface area (Å²) in [7, 11) is 0. The Labute approximate surface area is 150 Å². The SMILES string of the molecule is Cc1c(C)n(-c2ccccc2)c2nc(-c3ccccc3Cl)nc(N)c12. The van der Waals surface area contributed by atoms with Crippen LogP contribution in [0.5, 0.6) is 0 Å². The van der Waals surface area contributed by atoms with Crippen LogP contribution < -0.4 is 5.73 Å². The lowest BCUT2D eigenvalue weighted by atomic mass is 10.2. The van der Waals surface area contributed by atoms with Crippen LogP contribution >= 0.6 is 11.6 Å². The first-order valence-electron chi connectivity index (χ1n) is 8.03. The standard InChI is InChI=1S/C20H17ClN4/c1-12-13(2)25(14-8-4-3-5-9-14)20-17(12)18(22)23-19(24-20)15-10-6-7-11-16(15)21/h3-11H,1-2H3,(H2,22,23,24). The molecule has 0 amide bonds. The number of rotatable bonds is 2. The Morgan fingerprint density at radius 3 is 2.32 bits per heavy atom. The third-order valence-electron chi connectivity index (χ3n) is 4.51. The zero-order valence-electron chi connectivity index (χ0n) is 14.0. The maximum Gasteiger partial charge on any atom is 0.165 e. The Bertz CT molecular complexity index is 1080. The number of anilines is 1. The largest absolute Gasteiger partial charge is 0.383 e. The lowest BCUT2D eigenvalue weighted by Crippen LogP contribution is -2.01. The van der Waals surface area contributed by atoms with E-state index in [0.29, 0.717) is 16.7 Å². The zero-order valence-corrected chi connectivity index (χ0v) is 14.7. The van der Waals surface area contributed by atoms with Gasteiger partial charge in [0.15, 0.2) is 11.5 Å². The summed E-state index contributed by atoms with van der Waals surface area (Å²) in [5.41, 5.74) is 11.1. The van der Waals surface area contributed by atoms with E-state index in [1.807, 2.05) is 49.4 Å². The predicted octanol–water partition coefficient (Wildman–Crippen LogP) is 4.94. The highest BCUT2D eigenvalue weighted by Crippen LogP contribution is 2.33. The summed E-state index contributed by atoms with van der Waals surface area (Å²) in [6, 6.07) is 17.7. The maximum atomic E-state index is 6.33. The smallest absolute Gasteiger partial charge is 0.165 e. The van der Waals surface area contributed by atoms with E-state index in [-0.39, 0.29) is 0 Å². The van der Waals surface area contributed by atoms with Crippen LogP contribution in [0.15, 0.2) is 54.6 Å². The van der Waals surface area contributed by atoms with Gasteiger partial charge in [0.2, 0.25) is 0 Å². The molecule has 2 heterocycles. The second-order valence-electron chi connectivity index (χ2n) is 5.99. The Kier molecular flexibility index (Phi) is 3.70. The van der Waals surface area contributed by atoms with Crippen LogP contribution in [-0.4, -0.2) is 14.5 Å². The second kappa shape index (κ2) is 5.90. The van der Waals surface area contributed by atoms with Crippen LogP contribution in [0.1, 0.15) is 11.3 Å². The third-order valence-corrected chi connectivity index (χ3v) is 4.84. The van der Waals surface area contributed by atoms with Gasteiger partial charge in [0.05, 0.1) is 10.4 Å². The average molecular weight is 349 g/mol. The molecule has 4 nitrogen and oxygen atoms in total. The number of para-hydroxylation sites is 1. The Balaban J connectivity index is 2.07. The first-order chi connectivity index (χ1) is 12.1. The number of aromatic nitrogens is 3. The monoisotopic (exact) mass is 348 g/mol. The van der Waals surface area contributed by atoms with Crippen molar-refractivity contribution in [2.24, 2.45) is 0 Å². The lowest BCUT2D eigenvalue weighted by molar-refractivity contribution is 1.02. The van der Waals surface area contributed by atoms with Gasteiger partial charge in [-0.3, -0.25) is 4.57 Å². The van der Waals surface area contributed by atoms with Crippen molar-refractivity contribution in [3.05, 3.63) is 70.9 Å². The number of fused-ring (bicyclic) bond motifs is 1. The number of aryl methyl sites for hydroxylation is 1. The number of halogens is 1. The minimum Gasteiger partial charge on any atom is -0.383 e. The molecule has 2 N–H and O–H groups in total. The molecule has 4 rings (SSSR count). The number of hydrogen-bond donors (Lipinski definition) is 1. The molecule has 5 heteroatoms. The lowest BCUT2D eigenvalue weighted by Gasteiger charge is -2.09. The number of nitrogen functional groups attached to an aromatic ring is 1. The molecule has 0 aliphatic rings. The molecule has 2 aromatic carbocycles. The van der Waals surface area contributed by atoms with E-state index in [4.69, 9.17) is 22.3 Å². The van der Waals surface area contributed by atoms with Crippen molar-refractivity contribution in [2.75, 3.05) is 5.73 Å². The van der Waals surface area contributed by atoms with E-state index < -0.39 is 0 Å². The number of benzene rings is 2. The first kappa shape index (κ1) is 15.7. The van der Waals surface area contributed by atoms with Crippen molar-refractivity contribution in [3.63, 3.8) is 0 Å². The summed E-state index contributed by atoms with van der Waals surface area (Å²) in [4.78, 5) is 9.32. The van der Waals surface area contributed by atoms with Crippen LogP contribution in [0.4, 0.5) is 5.82 Å². The molecule has 0 saturated carbocycles. The molecule has 0 saturated heterocycles. The fraction of sp³-hybridized carbons (Fsp3) is 0.100. The first-order valence-corrected chi connectivity index (χ1v) is 8.41. The molecule has 0 fully saturated rings. The van der Waals surface area contributed by atoms with E-state index in [1.165, 1.54) is 0 Å². The molecular weight excluding hydrogens is 332 g/mol. The van der Waals surface area contributed by atoms with Crippen molar-refractivity contribution in [3.8, 4) is 17.1 Å². The van der Waals surface area contributed by atoms with Gasteiger partial charge in [-0.05, 0) is 43.7 Å². The second-order valence-corrected chi connectivity index (χ2v) is 6.40. The van der Waals surface area contributed by atoms with Crippen LogP contribution in [0.25, 0.3) is 28.1 Å². The van der Waals surface area contributed by atoms with Gasteiger partial charge >= 0.3 is 0 Å². The molecule has 2 aromatic heterocycles. The van der Waals surface area contributed by atoms with Gasteiger partial charge in [-0.25, -0.2) is 9.97 Å². The summed E-state index contributed by atoms with van der Waals surface area (Å²) in [6.45, 7) is 4.12. The minimum atomic E-state index is 0.468. The highest BCUT2D eigenvalue weighted by atomic mass is 35.5. The molecule has 124 valence electrons. The summed E-state index contributed by atoms with van der Waals surface area (Å²) >= 11 is 6.33. The molecule has 0 spiro atoms. The maximum absolute atomic E-state index is 6.33. The zero-order chi connectivity index (χ0) is 17.6. The normalized spacial score (nSPS) is 11.2. The summed E-state index contributed by atoms with van der Waals surface area (Å²) < 4.78 is 2.11. The molecule has 0 bridgehead atoms. The quantitative estimate of drug-likeness (QED) is 0.558. The van der Waals surface area contributed by atoms with Crippen LogP contribution in [-0.2, 0) is 0 Å². The summed E-state index contributed by atoms with van der Waals surface area (Å²) in [5, 5.41) is 1.49. The number of nitrogens with two attached hydrogens (primary N) is 1. The van der Waals surface area contributed by atoms with E-state index in [9.17, 15) is 0 Å². The van der Waals surface area contributed by atoms with E-state index in [2.05, 4.69) is 28.6 Å². The van der Waals surface area contributed by atoms with Crippen molar-refractivity contribution in [1.29, 1.82) is 0 Å². The van der Waals surface area contributed by atoms with Gasteiger partial charge < -0.3 is 5.73 Å². The van der Waals surface area contributed by atoms with Crippen molar-refractivity contribution >= 4 is 28.5 Å². The Hall–Kier alpha value is -2.85. The van der Waals surface area contributed by atoms with Gasteiger partial charge in [-0.2, -0.15) is 0 Å². The molecule has 0 unspecified atom stereocenters. The number of nitrogens with zero attached hydrogens (tertiary/aromatic N) is 3. The Morgan fingerprint density at radius 1 is 0.920 bits per heavy atom. The average Bonchev–Trinajstić information content (AvgIpc) is 2.87. The van der Waals surface area contributed by atoms with Gasteiger partial charge in [-0.15, -0.1) is 0 Å². The van der Waals surface area contributed by atoms with E-state index in [1.54, 1.807) is 0 Å². The number of hydrogen-bond acceptors (Lipinski definition) is 3. The molecule has 25 heavy (non-hydrogen) atoms. The van der Waals surface area contributed by atoms with Crippen LogP contribution in [0.3, 0.4) is 0 Å². The van der Waals surface area contributed by atoms with Gasteiger partial charge in [0.1, 0.15) is 5.82 Å². The molecule has 4 aromatic rings. The molecule has 0 aliphatic carbocycles. The molecule has 0 aliphatic heterocycles. The van der Waals surface area contributed by atoms with Crippen molar-refractivity contribution < 1.29 is 0 Å². The van der Waals surface area contributed by atoms with Crippen molar-refractivity contribution in [1.82, 2.24) is 14.5 Å². The van der Waals surface area contributed by atoms with E-state index in [0.717, 1.165) is 33.5 Å².